The summed E-state index contributed by atoms with van der Waals surface area (Å²) >= 11 is 0. The summed E-state index contributed by atoms with van der Waals surface area (Å²) in [7, 11) is 1.72. The number of nitrogens with zero attached hydrogens (tertiary/aromatic N) is 2. The fraction of sp³-hybridized carbons (Fsp3) is 0.438. The van der Waals surface area contributed by atoms with Crippen LogP contribution in [0.15, 0.2) is 36.8 Å². The number of H-pyrrole nitrogens is 1. The molecule has 3 rings (SSSR count). The Labute approximate surface area is 129 Å². The fourth-order valence-electron chi connectivity index (χ4n) is 2.76. The molecule has 1 saturated heterocycles. The molecule has 1 fully saturated rings. The molecule has 0 amide bonds. The normalized spacial score (nSPS) is 22.1. The Morgan fingerprint density at radius 2 is 2.18 bits per heavy atom. The first kappa shape index (κ1) is 15.0. The summed E-state index contributed by atoms with van der Waals surface area (Å²) < 4.78 is 24.4. The summed E-state index contributed by atoms with van der Waals surface area (Å²) in [5.41, 5.74) is 0.764. The standard InChI is InChI=1S/C16H20FN3O2/c1-21-16(11-22-15-4-2-13(17)3-5-15)6-7-20(10-16)9-14-8-18-12-19-14/h2-5,8,12H,6-7,9-11H2,1H3,(H,18,19). The maximum atomic E-state index is 12.9. The minimum Gasteiger partial charge on any atom is -0.491 e. The van der Waals surface area contributed by atoms with Gasteiger partial charge in [-0.2, -0.15) is 0 Å². The molecule has 1 unspecified atom stereocenters. The van der Waals surface area contributed by atoms with Crippen molar-refractivity contribution in [1.29, 1.82) is 0 Å². The van der Waals surface area contributed by atoms with Crippen LogP contribution in [0.3, 0.4) is 0 Å². The number of likely N-dealkylation sites (tertiary alicyclic amines) is 1. The molecule has 0 radical (unpaired) electrons. The number of hydrogen-bond acceptors (Lipinski definition) is 4. The summed E-state index contributed by atoms with van der Waals surface area (Å²) in [5.74, 6) is 0.394. The number of halogens is 1. The highest BCUT2D eigenvalue weighted by molar-refractivity contribution is 5.22. The van der Waals surface area contributed by atoms with Gasteiger partial charge >= 0.3 is 0 Å². The van der Waals surface area contributed by atoms with Gasteiger partial charge in [0.25, 0.3) is 0 Å². The van der Waals surface area contributed by atoms with Gasteiger partial charge in [-0.1, -0.05) is 0 Å². The number of ether oxygens (including phenoxy) is 2. The van der Waals surface area contributed by atoms with E-state index in [9.17, 15) is 4.39 Å². The van der Waals surface area contributed by atoms with Gasteiger partial charge in [-0.15, -0.1) is 0 Å². The molecule has 5 nitrogen and oxygen atoms in total. The van der Waals surface area contributed by atoms with E-state index in [1.807, 2.05) is 6.20 Å². The predicted octanol–water partition coefficient (Wildman–Crippen LogP) is 2.22. The number of aromatic amines is 1. The van der Waals surface area contributed by atoms with E-state index in [1.165, 1.54) is 12.1 Å². The van der Waals surface area contributed by atoms with Gasteiger partial charge in [0, 0.05) is 38.6 Å². The van der Waals surface area contributed by atoms with Crippen LogP contribution in [0.5, 0.6) is 5.75 Å². The molecule has 118 valence electrons. The summed E-state index contributed by atoms with van der Waals surface area (Å²) in [6, 6.07) is 6.06. The smallest absolute Gasteiger partial charge is 0.123 e. The third-order valence-corrected chi connectivity index (χ3v) is 4.09. The molecule has 2 heterocycles. The van der Waals surface area contributed by atoms with Crippen molar-refractivity contribution in [2.24, 2.45) is 0 Å². The van der Waals surface area contributed by atoms with E-state index in [-0.39, 0.29) is 11.4 Å². The van der Waals surface area contributed by atoms with E-state index in [1.54, 1.807) is 25.6 Å². The average molecular weight is 305 g/mol. The zero-order valence-electron chi connectivity index (χ0n) is 12.6. The summed E-state index contributed by atoms with van der Waals surface area (Å²) in [5, 5.41) is 0. The van der Waals surface area contributed by atoms with Crippen LogP contribution in [0, 0.1) is 5.82 Å². The fourth-order valence-corrected chi connectivity index (χ4v) is 2.76. The number of imidazole rings is 1. The van der Waals surface area contributed by atoms with Crippen molar-refractivity contribution in [1.82, 2.24) is 14.9 Å². The van der Waals surface area contributed by atoms with E-state index in [0.29, 0.717) is 12.4 Å². The molecule has 6 heteroatoms. The molecule has 0 bridgehead atoms. The summed E-state index contributed by atoms with van der Waals surface area (Å²) in [4.78, 5) is 9.46. The molecule has 1 aliphatic rings. The van der Waals surface area contributed by atoms with Crippen LogP contribution in [0.25, 0.3) is 0 Å². The summed E-state index contributed by atoms with van der Waals surface area (Å²) in [6.07, 6.45) is 4.42. The van der Waals surface area contributed by atoms with Crippen molar-refractivity contribution in [3.05, 3.63) is 48.3 Å². The molecular weight excluding hydrogens is 285 g/mol. The lowest BCUT2D eigenvalue weighted by molar-refractivity contribution is -0.0360. The molecule has 1 atom stereocenters. The second-order valence-electron chi connectivity index (χ2n) is 5.67. The van der Waals surface area contributed by atoms with Gasteiger partial charge in [-0.25, -0.2) is 9.37 Å². The molecule has 2 aromatic rings. The van der Waals surface area contributed by atoms with Crippen LogP contribution in [-0.2, 0) is 11.3 Å². The van der Waals surface area contributed by atoms with E-state index in [2.05, 4.69) is 14.9 Å². The molecule has 0 saturated carbocycles. The molecule has 0 spiro atoms. The largest absolute Gasteiger partial charge is 0.491 e. The van der Waals surface area contributed by atoms with Gasteiger partial charge in [0.2, 0.25) is 0 Å². The zero-order chi connectivity index (χ0) is 15.4. The molecule has 1 aromatic heterocycles. The first-order valence-electron chi connectivity index (χ1n) is 7.32. The van der Waals surface area contributed by atoms with E-state index in [4.69, 9.17) is 9.47 Å². The van der Waals surface area contributed by atoms with E-state index in [0.717, 1.165) is 31.7 Å². The van der Waals surface area contributed by atoms with E-state index >= 15 is 0 Å². The molecule has 1 N–H and O–H groups in total. The maximum Gasteiger partial charge on any atom is 0.123 e. The zero-order valence-corrected chi connectivity index (χ0v) is 12.6. The third kappa shape index (κ3) is 3.45. The van der Waals surface area contributed by atoms with Gasteiger partial charge in [0.1, 0.15) is 23.8 Å². The Morgan fingerprint density at radius 3 is 2.86 bits per heavy atom. The van der Waals surface area contributed by atoms with Gasteiger partial charge in [-0.3, -0.25) is 4.90 Å². The van der Waals surface area contributed by atoms with Gasteiger partial charge < -0.3 is 14.5 Å². The third-order valence-electron chi connectivity index (χ3n) is 4.09. The van der Waals surface area contributed by atoms with Crippen LogP contribution < -0.4 is 4.74 Å². The minimum atomic E-state index is -0.325. The van der Waals surface area contributed by atoms with Crippen LogP contribution in [0.4, 0.5) is 4.39 Å². The molecule has 0 aliphatic carbocycles. The van der Waals surface area contributed by atoms with Crippen LogP contribution in [-0.4, -0.2) is 47.3 Å². The first-order chi connectivity index (χ1) is 10.7. The number of methoxy groups -OCH3 is 1. The highest BCUT2D eigenvalue weighted by Crippen LogP contribution is 2.27. The lowest BCUT2D eigenvalue weighted by Crippen LogP contribution is -2.41. The lowest BCUT2D eigenvalue weighted by Gasteiger charge is -2.28. The SMILES string of the molecule is COC1(COc2ccc(F)cc2)CCN(Cc2cnc[nH]2)C1. The minimum absolute atomic E-state index is 0.264. The number of nitrogens with one attached hydrogen (secondary N) is 1. The Kier molecular flexibility index (Phi) is 4.40. The van der Waals surface area contributed by atoms with Crippen LogP contribution in [0.1, 0.15) is 12.1 Å². The lowest BCUT2D eigenvalue weighted by atomic mass is 10.0. The average Bonchev–Trinajstić information content (AvgIpc) is 3.18. The highest BCUT2D eigenvalue weighted by Gasteiger charge is 2.39. The number of hydrogen-bond donors (Lipinski definition) is 1. The Morgan fingerprint density at radius 1 is 1.36 bits per heavy atom. The maximum absolute atomic E-state index is 12.9. The molecular formula is C16H20FN3O2. The van der Waals surface area contributed by atoms with Crippen molar-refractivity contribution < 1.29 is 13.9 Å². The number of aromatic nitrogens is 2. The first-order valence-corrected chi connectivity index (χ1v) is 7.32. The second kappa shape index (κ2) is 6.46. The van der Waals surface area contributed by atoms with Gasteiger partial charge in [-0.05, 0) is 30.7 Å². The Bertz CT molecular complexity index is 588. The molecule has 1 aliphatic heterocycles. The van der Waals surface area contributed by atoms with Gasteiger partial charge in [0.15, 0.2) is 0 Å². The van der Waals surface area contributed by atoms with Crippen molar-refractivity contribution in [2.75, 3.05) is 26.8 Å². The molecule has 1 aromatic carbocycles. The van der Waals surface area contributed by atoms with E-state index < -0.39 is 0 Å². The predicted molar refractivity (Wildman–Crippen MR) is 80.1 cm³/mol. The highest BCUT2D eigenvalue weighted by atomic mass is 19.1. The second-order valence-corrected chi connectivity index (χ2v) is 5.67. The topological polar surface area (TPSA) is 50.4 Å². The molecule has 22 heavy (non-hydrogen) atoms. The number of rotatable bonds is 6. The van der Waals surface area contributed by atoms with Crippen molar-refractivity contribution >= 4 is 0 Å². The van der Waals surface area contributed by atoms with Crippen molar-refractivity contribution in [3.8, 4) is 5.75 Å². The monoisotopic (exact) mass is 305 g/mol. The van der Waals surface area contributed by atoms with Crippen LogP contribution >= 0.6 is 0 Å². The van der Waals surface area contributed by atoms with Crippen LogP contribution in [0.2, 0.25) is 0 Å². The quantitative estimate of drug-likeness (QED) is 0.889. The number of benzene rings is 1. The van der Waals surface area contributed by atoms with Crippen molar-refractivity contribution in [2.45, 2.75) is 18.6 Å². The Balaban J connectivity index is 1.57. The Hall–Kier alpha value is -1.92. The van der Waals surface area contributed by atoms with Gasteiger partial charge in [0.05, 0.1) is 6.33 Å². The summed E-state index contributed by atoms with van der Waals surface area (Å²) in [6.45, 7) is 3.01. The van der Waals surface area contributed by atoms with Crippen molar-refractivity contribution in [3.63, 3.8) is 0 Å².